The molecule has 0 fully saturated rings. The summed E-state index contributed by atoms with van der Waals surface area (Å²) in [6.45, 7) is 6.25. The lowest BCUT2D eigenvalue weighted by Crippen LogP contribution is -1.89. The third-order valence-electron chi connectivity index (χ3n) is 1.07. The van der Waals surface area contributed by atoms with E-state index < -0.39 is 0 Å². The molecule has 2 N–H and O–H groups in total. The zero-order valence-corrected chi connectivity index (χ0v) is 8.55. The maximum atomic E-state index is 5.72. The number of nitrogens with zero attached hydrogens (tertiary/aromatic N) is 1. The zero-order chi connectivity index (χ0) is 8.43. The maximum Gasteiger partial charge on any atom is 0.131 e. The Bertz CT molecular complexity index is 243. The van der Waals surface area contributed by atoms with Crippen molar-refractivity contribution in [2.24, 2.45) is 0 Å². The van der Waals surface area contributed by atoms with E-state index in [1.165, 1.54) is 0 Å². The third kappa shape index (κ3) is 2.38. The van der Waals surface area contributed by atoms with Crippen LogP contribution in [0.25, 0.3) is 0 Å². The molecule has 0 saturated carbocycles. The van der Waals surface area contributed by atoms with Crippen LogP contribution in [-0.2, 0) is 0 Å². The first kappa shape index (κ1) is 8.87. The molecule has 0 aromatic carbocycles. The molecule has 11 heavy (non-hydrogen) atoms. The Morgan fingerprint density at radius 2 is 2.18 bits per heavy atom. The Kier molecular flexibility index (Phi) is 2.78. The summed E-state index contributed by atoms with van der Waals surface area (Å²) >= 11 is 3.28. The number of aromatic nitrogens is 1. The second-order valence-electron chi connectivity index (χ2n) is 2.57. The minimum atomic E-state index is 0.554. The van der Waals surface area contributed by atoms with Crippen LogP contribution < -0.4 is 5.73 Å². The molecule has 0 bridgehead atoms. The highest BCUT2D eigenvalue weighted by molar-refractivity contribution is 8.00. The van der Waals surface area contributed by atoms with Gasteiger partial charge in [0.15, 0.2) is 0 Å². The number of anilines is 1. The lowest BCUT2D eigenvalue weighted by Gasteiger charge is -2.00. The normalized spacial score (nSPS) is 10.9. The lowest BCUT2D eigenvalue weighted by molar-refractivity contribution is 1.08. The first-order chi connectivity index (χ1) is 5.09. The van der Waals surface area contributed by atoms with E-state index in [1.54, 1.807) is 23.1 Å². The molecule has 1 heterocycles. The number of hydrogen-bond acceptors (Lipinski definition) is 4. The molecule has 0 aliphatic heterocycles. The highest BCUT2D eigenvalue weighted by atomic mass is 32.2. The fourth-order valence-corrected chi connectivity index (χ4v) is 2.40. The largest absolute Gasteiger partial charge is 0.388 e. The quantitative estimate of drug-likeness (QED) is 0.725. The molecule has 0 atom stereocenters. The molecular weight excluding hydrogens is 176 g/mol. The fraction of sp³-hybridized carbons (Fsp3) is 0.571. The van der Waals surface area contributed by atoms with Gasteiger partial charge in [-0.3, -0.25) is 0 Å². The molecular formula is C7H12N2S2. The number of nitrogen functional groups attached to an aromatic ring is 1. The van der Waals surface area contributed by atoms with Crippen molar-refractivity contribution < 1.29 is 0 Å². The average molecular weight is 188 g/mol. The van der Waals surface area contributed by atoms with Gasteiger partial charge in [0.1, 0.15) is 10.0 Å². The smallest absolute Gasteiger partial charge is 0.131 e. The zero-order valence-electron chi connectivity index (χ0n) is 6.92. The SMILES string of the molecule is Cc1nc(SC(C)C)c(N)s1. The van der Waals surface area contributed by atoms with Crippen LogP contribution in [0.5, 0.6) is 0 Å². The Morgan fingerprint density at radius 3 is 2.55 bits per heavy atom. The highest BCUT2D eigenvalue weighted by Crippen LogP contribution is 2.31. The van der Waals surface area contributed by atoms with E-state index >= 15 is 0 Å². The summed E-state index contributed by atoms with van der Waals surface area (Å²) in [7, 11) is 0. The number of nitrogens with two attached hydrogens (primary N) is 1. The van der Waals surface area contributed by atoms with Crippen LogP contribution in [0.2, 0.25) is 0 Å². The van der Waals surface area contributed by atoms with E-state index in [4.69, 9.17) is 5.73 Å². The summed E-state index contributed by atoms with van der Waals surface area (Å²) in [6.07, 6.45) is 0. The molecule has 1 rings (SSSR count). The van der Waals surface area contributed by atoms with Crippen molar-refractivity contribution in [2.45, 2.75) is 31.0 Å². The van der Waals surface area contributed by atoms with Gasteiger partial charge in [-0.15, -0.1) is 23.1 Å². The third-order valence-corrected chi connectivity index (χ3v) is 3.01. The molecule has 0 unspecified atom stereocenters. The van der Waals surface area contributed by atoms with Crippen LogP contribution in [0, 0.1) is 6.92 Å². The lowest BCUT2D eigenvalue weighted by atomic mass is 10.6. The van der Waals surface area contributed by atoms with E-state index in [9.17, 15) is 0 Å². The summed E-state index contributed by atoms with van der Waals surface area (Å²) < 4.78 is 0. The van der Waals surface area contributed by atoms with Crippen molar-refractivity contribution >= 4 is 28.1 Å². The van der Waals surface area contributed by atoms with E-state index in [0.29, 0.717) is 5.25 Å². The number of hydrogen-bond donors (Lipinski definition) is 1. The monoisotopic (exact) mass is 188 g/mol. The molecule has 1 aromatic heterocycles. The van der Waals surface area contributed by atoms with Gasteiger partial charge in [-0.1, -0.05) is 13.8 Å². The predicted octanol–water partition coefficient (Wildman–Crippen LogP) is 2.53. The van der Waals surface area contributed by atoms with Gasteiger partial charge in [-0.25, -0.2) is 4.98 Å². The number of rotatable bonds is 2. The summed E-state index contributed by atoms with van der Waals surface area (Å²) in [5.41, 5.74) is 5.72. The molecule has 0 aliphatic carbocycles. The van der Waals surface area contributed by atoms with Crippen LogP contribution in [-0.4, -0.2) is 10.2 Å². The second-order valence-corrected chi connectivity index (χ2v) is 5.37. The minimum absolute atomic E-state index is 0.554. The Balaban J connectivity index is 2.77. The molecule has 2 nitrogen and oxygen atoms in total. The van der Waals surface area contributed by atoms with Crippen LogP contribution >= 0.6 is 23.1 Å². The molecule has 0 amide bonds. The van der Waals surface area contributed by atoms with Gasteiger partial charge in [-0.2, -0.15) is 0 Å². The van der Waals surface area contributed by atoms with Gasteiger partial charge in [0.05, 0.1) is 5.01 Å². The molecule has 0 spiro atoms. The van der Waals surface area contributed by atoms with E-state index in [2.05, 4.69) is 18.8 Å². The van der Waals surface area contributed by atoms with E-state index in [0.717, 1.165) is 15.0 Å². The Hall–Kier alpha value is -0.220. The van der Waals surface area contributed by atoms with Crippen molar-refractivity contribution in [3.63, 3.8) is 0 Å². The van der Waals surface area contributed by atoms with Gasteiger partial charge in [0.25, 0.3) is 0 Å². The minimum Gasteiger partial charge on any atom is -0.388 e. The van der Waals surface area contributed by atoms with E-state index in [-0.39, 0.29) is 0 Å². The maximum absolute atomic E-state index is 5.72. The number of aryl methyl sites for hydroxylation is 1. The summed E-state index contributed by atoms with van der Waals surface area (Å²) in [5, 5.41) is 3.44. The molecule has 1 aromatic rings. The Labute approximate surface area is 75.2 Å². The van der Waals surface area contributed by atoms with Gasteiger partial charge in [-0.05, 0) is 6.92 Å². The molecule has 4 heteroatoms. The van der Waals surface area contributed by atoms with Crippen molar-refractivity contribution in [2.75, 3.05) is 5.73 Å². The second kappa shape index (κ2) is 3.45. The number of thiazole rings is 1. The first-order valence-electron chi connectivity index (χ1n) is 3.49. The number of thioether (sulfide) groups is 1. The van der Waals surface area contributed by atoms with Crippen LogP contribution in [0.3, 0.4) is 0 Å². The fourth-order valence-electron chi connectivity index (χ4n) is 0.731. The topological polar surface area (TPSA) is 38.9 Å². The molecule has 62 valence electrons. The van der Waals surface area contributed by atoms with Gasteiger partial charge >= 0.3 is 0 Å². The highest BCUT2D eigenvalue weighted by Gasteiger charge is 2.07. The summed E-state index contributed by atoms with van der Waals surface area (Å²) in [4.78, 5) is 4.31. The molecule has 0 aliphatic rings. The average Bonchev–Trinajstić information content (AvgIpc) is 2.09. The standard InChI is InChI=1S/C7H12N2S2/c1-4(2)10-7-6(8)11-5(3)9-7/h4H,8H2,1-3H3. The van der Waals surface area contributed by atoms with Crippen molar-refractivity contribution in [3.8, 4) is 0 Å². The van der Waals surface area contributed by atoms with Crippen LogP contribution in [0.15, 0.2) is 5.03 Å². The first-order valence-corrected chi connectivity index (χ1v) is 5.18. The predicted molar refractivity (Wildman–Crippen MR) is 52.3 cm³/mol. The van der Waals surface area contributed by atoms with E-state index in [1.807, 2.05) is 6.92 Å². The van der Waals surface area contributed by atoms with Crippen molar-refractivity contribution in [1.29, 1.82) is 0 Å². The van der Waals surface area contributed by atoms with Crippen molar-refractivity contribution in [3.05, 3.63) is 5.01 Å². The van der Waals surface area contributed by atoms with Gasteiger partial charge < -0.3 is 5.73 Å². The Morgan fingerprint density at radius 1 is 1.55 bits per heavy atom. The van der Waals surface area contributed by atoms with Crippen LogP contribution in [0.4, 0.5) is 5.00 Å². The van der Waals surface area contributed by atoms with Crippen LogP contribution in [0.1, 0.15) is 18.9 Å². The molecule has 0 radical (unpaired) electrons. The molecule has 0 saturated heterocycles. The summed E-state index contributed by atoms with van der Waals surface area (Å²) in [6, 6.07) is 0. The van der Waals surface area contributed by atoms with Crippen molar-refractivity contribution in [1.82, 2.24) is 4.98 Å². The van der Waals surface area contributed by atoms with Gasteiger partial charge in [0, 0.05) is 5.25 Å². The van der Waals surface area contributed by atoms with Gasteiger partial charge in [0.2, 0.25) is 0 Å². The summed E-state index contributed by atoms with van der Waals surface area (Å²) in [5.74, 6) is 0.